The van der Waals surface area contributed by atoms with Crippen LogP contribution in [0.5, 0.6) is 0 Å². The average Bonchev–Trinajstić information content (AvgIpc) is 3.13. The standard InChI is InChI=1S/C25H28F2N2O5/c1-29(13-7-6-12-23(31)32)22(30)14-21(24(26)27)28-25(33)34-15-20-18-10-4-2-8-16(18)17-9-3-5-11-19(17)20/h2-5,8-11,20-21,24H,6-7,12-15H2,1H3,(H,28,33)(H,31,32). The summed E-state index contributed by atoms with van der Waals surface area (Å²) in [6, 6.07) is 13.9. The van der Waals surface area contributed by atoms with Gasteiger partial charge in [-0.05, 0) is 35.1 Å². The monoisotopic (exact) mass is 474 g/mol. The molecule has 0 saturated heterocycles. The second-order valence-corrected chi connectivity index (χ2v) is 8.28. The highest BCUT2D eigenvalue weighted by molar-refractivity contribution is 5.79. The van der Waals surface area contributed by atoms with E-state index in [1.165, 1.54) is 11.9 Å². The summed E-state index contributed by atoms with van der Waals surface area (Å²) in [5.41, 5.74) is 4.10. The lowest BCUT2D eigenvalue weighted by Gasteiger charge is -2.22. The summed E-state index contributed by atoms with van der Waals surface area (Å²) in [7, 11) is 1.46. The second-order valence-electron chi connectivity index (χ2n) is 8.28. The molecule has 0 fully saturated rings. The lowest BCUT2D eigenvalue weighted by atomic mass is 9.98. The van der Waals surface area contributed by atoms with E-state index in [0.29, 0.717) is 12.8 Å². The molecule has 1 atom stereocenters. The number of amides is 2. The third-order valence-corrected chi connectivity index (χ3v) is 5.91. The van der Waals surface area contributed by atoms with Crippen LogP contribution in [0.15, 0.2) is 48.5 Å². The number of ether oxygens (including phenoxy) is 1. The highest BCUT2D eigenvalue weighted by atomic mass is 19.3. The number of carbonyl (C=O) groups is 3. The molecule has 9 heteroatoms. The minimum absolute atomic E-state index is 0.0206. The normalized spacial score (nSPS) is 13.2. The van der Waals surface area contributed by atoms with Gasteiger partial charge < -0.3 is 20.1 Å². The first-order valence-electron chi connectivity index (χ1n) is 11.1. The number of carboxylic acids is 1. The van der Waals surface area contributed by atoms with Crippen molar-refractivity contribution < 1.29 is 33.0 Å². The zero-order chi connectivity index (χ0) is 24.7. The smallest absolute Gasteiger partial charge is 0.407 e. The van der Waals surface area contributed by atoms with Gasteiger partial charge >= 0.3 is 12.1 Å². The molecule has 1 unspecified atom stereocenters. The molecule has 0 saturated carbocycles. The van der Waals surface area contributed by atoms with Gasteiger partial charge in [0.1, 0.15) is 12.6 Å². The van der Waals surface area contributed by atoms with Crippen molar-refractivity contribution in [3.8, 4) is 11.1 Å². The van der Waals surface area contributed by atoms with Gasteiger partial charge in [0.25, 0.3) is 6.43 Å². The molecule has 0 spiro atoms. The minimum Gasteiger partial charge on any atom is -0.481 e. The van der Waals surface area contributed by atoms with Crippen LogP contribution in [-0.4, -0.2) is 60.6 Å². The van der Waals surface area contributed by atoms with Gasteiger partial charge in [-0.1, -0.05) is 48.5 Å². The minimum atomic E-state index is -2.95. The van der Waals surface area contributed by atoms with Crippen molar-refractivity contribution in [3.05, 3.63) is 59.7 Å². The Hall–Kier alpha value is -3.49. The molecule has 2 amide bonds. The molecule has 0 aromatic heterocycles. The van der Waals surface area contributed by atoms with Crippen molar-refractivity contribution >= 4 is 18.0 Å². The number of hydrogen-bond donors (Lipinski definition) is 2. The molecule has 3 rings (SSSR count). The van der Waals surface area contributed by atoms with Crippen molar-refractivity contribution in [2.45, 2.75) is 44.1 Å². The van der Waals surface area contributed by atoms with Gasteiger partial charge in [0.15, 0.2) is 0 Å². The van der Waals surface area contributed by atoms with Gasteiger partial charge in [0.05, 0.1) is 6.42 Å². The van der Waals surface area contributed by atoms with E-state index in [9.17, 15) is 23.2 Å². The Balaban J connectivity index is 1.53. The van der Waals surface area contributed by atoms with Crippen LogP contribution in [0.25, 0.3) is 11.1 Å². The van der Waals surface area contributed by atoms with E-state index in [-0.39, 0.29) is 25.5 Å². The number of benzene rings is 2. The van der Waals surface area contributed by atoms with Crippen molar-refractivity contribution in [2.75, 3.05) is 20.2 Å². The first kappa shape index (κ1) is 25.1. The molecule has 0 aliphatic heterocycles. The summed E-state index contributed by atoms with van der Waals surface area (Å²) in [4.78, 5) is 36.4. The molecular formula is C25H28F2N2O5. The van der Waals surface area contributed by atoms with E-state index in [2.05, 4.69) is 5.32 Å². The van der Waals surface area contributed by atoms with Gasteiger partial charge in [0.2, 0.25) is 5.91 Å². The Labute approximate surface area is 196 Å². The quantitative estimate of drug-likeness (QED) is 0.475. The maximum atomic E-state index is 13.5. The Kier molecular flexibility index (Phi) is 8.56. The van der Waals surface area contributed by atoms with Crippen LogP contribution in [0.2, 0.25) is 0 Å². The van der Waals surface area contributed by atoms with Crippen LogP contribution in [0, 0.1) is 0 Å². The number of alkyl halides is 2. The van der Waals surface area contributed by atoms with Gasteiger partial charge in [-0.15, -0.1) is 0 Å². The number of rotatable bonds is 11. The molecular weight excluding hydrogens is 446 g/mol. The summed E-state index contributed by atoms with van der Waals surface area (Å²) in [5.74, 6) is -1.71. The topological polar surface area (TPSA) is 95.9 Å². The van der Waals surface area contributed by atoms with E-state index in [4.69, 9.17) is 9.84 Å². The van der Waals surface area contributed by atoms with Crippen LogP contribution < -0.4 is 5.32 Å². The maximum absolute atomic E-state index is 13.5. The molecule has 2 aromatic carbocycles. The predicted molar refractivity (Wildman–Crippen MR) is 122 cm³/mol. The van der Waals surface area contributed by atoms with E-state index < -0.39 is 36.9 Å². The maximum Gasteiger partial charge on any atom is 0.407 e. The third-order valence-electron chi connectivity index (χ3n) is 5.91. The Bertz CT molecular complexity index is 984. The zero-order valence-corrected chi connectivity index (χ0v) is 18.9. The lowest BCUT2D eigenvalue weighted by molar-refractivity contribution is -0.137. The summed E-state index contributed by atoms with van der Waals surface area (Å²) < 4.78 is 32.3. The molecule has 2 aromatic rings. The number of halogens is 2. The number of fused-ring (bicyclic) bond motifs is 3. The number of hydrogen-bond acceptors (Lipinski definition) is 4. The summed E-state index contributed by atoms with van der Waals surface area (Å²) >= 11 is 0. The number of aliphatic carboxylic acids is 1. The van der Waals surface area contributed by atoms with Crippen LogP contribution in [0.3, 0.4) is 0 Å². The van der Waals surface area contributed by atoms with Gasteiger partial charge in [-0.25, -0.2) is 13.6 Å². The van der Waals surface area contributed by atoms with Crippen molar-refractivity contribution in [1.29, 1.82) is 0 Å². The summed E-state index contributed by atoms with van der Waals surface area (Å²) in [6.45, 7) is 0.222. The second kappa shape index (κ2) is 11.6. The number of carbonyl (C=O) groups excluding carboxylic acids is 2. The fraction of sp³-hybridized carbons (Fsp3) is 0.400. The van der Waals surface area contributed by atoms with E-state index in [0.717, 1.165) is 22.3 Å². The number of nitrogens with zero attached hydrogens (tertiary/aromatic N) is 1. The SMILES string of the molecule is CN(CCCCC(=O)O)C(=O)CC(NC(=O)OCC1c2ccccc2-c2ccccc21)C(F)F. The first-order chi connectivity index (χ1) is 16.3. The number of nitrogens with one attached hydrogen (secondary N) is 1. The lowest BCUT2D eigenvalue weighted by Crippen LogP contribution is -2.44. The average molecular weight is 475 g/mol. The van der Waals surface area contributed by atoms with Crippen LogP contribution in [0.4, 0.5) is 13.6 Å². The first-order valence-corrected chi connectivity index (χ1v) is 11.1. The van der Waals surface area contributed by atoms with Crippen molar-refractivity contribution in [1.82, 2.24) is 10.2 Å². The fourth-order valence-electron chi connectivity index (χ4n) is 4.09. The van der Waals surface area contributed by atoms with Crippen molar-refractivity contribution in [2.24, 2.45) is 0 Å². The molecule has 0 bridgehead atoms. The van der Waals surface area contributed by atoms with Crippen molar-refractivity contribution in [3.63, 3.8) is 0 Å². The van der Waals surface area contributed by atoms with Crippen LogP contribution in [0.1, 0.15) is 42.7 Å². The van der Waals surface area contributed by atoms with Crippen LogP contribution in [-0.2, 0) is 14.3 Å². The number of unbranched alkanes of at least 4 members (excludes halogenated alkanes) is 1. The molecule has 34 heavy (non-hydrogen) atoms. The third kappa shape index (κ3) is 6.30. The summed E-state index contributed by atoms with van der Waals surface area (Å²) in [6.07, 6.45) is -3.76. The highest BCUT2D eigenvalue weighted by Gasteiger charge is 2.31. The Morgan fingerprint density at radius 3 is 2.18 bits per heavy atom. The molecule has 2 N–H and O–H groups in total. The van der Waals surface area contributed by atoms with E-state index in [1.54, 1.807) is 0 Å². The molecule has 0 heterocycles. The van der Waals surface area contributed by atoms with Gasteiger partial charge in [-0.3, -0.25) is 9.59 Å². The van der Waals surface area contributed by atoms with E-state index >= 15 is 0 Å². The predicted octanol–water partition coefficient (Wildman–Crippen LogP) is 4.26. The van der Waals surface area contributed by atoms with Crippen LogP contribution >= 0.6 is 0 Å². The van der Waals surface area contributed by atoms with Gasteiger partial charge in [-0.2, -0.15) is 0 Å². The molecule has 1 aliphatic rings. The molecule has 1 aliphatic carbocycles. The Morgan fingerprint density at radius 2 is 1.62 bits per heavy atom. The molecule has 7 nitrogen and oxygen atoms in total. The Morgan fingerprint density at radius 1 is 1.03 bits per heavy atom. The number of carboxylic acid groups (broad SMARTS) is 1. The molecule has 0 radical (unpaired) electrons. The van der Waals surface area contributed by atoms with Gasteiger partial charge in [0, 0.05) is 25.9 Å². The summed E-state index contributed by atoms with van der Waals surface area (Å²) in [5, 5.41) is 10.8. The number of alkyl carbamates (subject to hydrolysis) is 1. The fourth-order valence-corrected chi connectivity index (χ4v) is 4.09. The zero-order valence-electron chi connectivity index (χ0n) is 18.9. The largest absolute Gasteiger partial charge is 0.481 e. The molecule has 182 valence electrons. The van der Waals surface area contributed by atoms with E-state index in [1.807, 2.05) is 48.5 Å². The highest BCUT2D eigenvalue weighted by Crippen LogP contribution is 2.44.